The predicted octanol–water partition coefficient (Wildman–Crippen LogP) is 3.58. The molecule has 0 bridgehead atoms. The molecule has 2 aromatic carbocycles. The van der Waals surface area contributed by atoms with E-state index in [1.807, 2.05) is 58.3 Å². The SMILES string of the molecule is COc1ccc(CNc2nc(N3CCCC(O)C3)nc3c(NCc4ccc(OC)cc4)nc(N4CCCC(O)C4)nc23)cc1. The van der Waals surface area contributed by atoms with Crippen LogP contribution in [0.5, 0.6) is 11.5 Å². The van der Waals surface area contributed by atoms with Crippen LogP contribution in [0.3, 0.4) is 0 Å². The van der Waals surface area contributed by atoms with Gasteiger partial charge in [-0.2, -0.15) is 9.97 Å². The lowest BCUT2D eigenvalue weighted by Gasteiger charge is -2.31. The molecule has 4 heterocycles. The van der Waals surface area contributed by atoms with Gasteiger partial charge in [-0.15, -0.1) is 0 Å². The number of benzene rings is 2. The fraction of sp³-hybridized carbons (Fsp3) is 0.438. The van der Waals surface area contributed by atoms with Crippen LogP contribution in [-0.4, -0.2) is 82.8 Å². The van der Waals surface area contributed by atoms with Gasteiger partial charge in [0.2, 0.25) is 11.9 Å². The smallest absolute Gasteiger partial charge is 0.228 e. The summed E-state index contributed by atoms with van der Waals surface area (Å²) in [6.07, 6.45) is 2.36. The number of ether oxygens (including phenoxy) is 2. The highest BCUT2D eigenvalue weighted by molar-refractivity contribution is 5.94. The Morgan fingerprint density at radius 3 is 1.43 bits per heavy atom. The van der Waals surface area contributed by atoms with E-state index in [0.29, 0.717) is 60.7 Å². The van der Waals surface area contributed by atoms with E-state index < -0.39 is 12.2 Å². The molecule has 12 heteroatoms. The molecule has 44 heavy (non-hydrogen) atoms. The highest BCUT2D eigenvalue weighted by atomic mass is 16.5. The highest BCUT2D eigenvalue weighted by Gasteiger charge is 2.26. The number of nitrogens with zero attached hydrogens (tertiary/aromatic N) is 6. The first-order valence-corrected chi connectivity index (χ1v) is 15.2. The Labute approximate surface area is 257 Å². The third-order valence-corrected chi connectivity index (χ3v) is 8.12. The van der Waals surface area contributed by atoms with Crippen molar-refractivity contribution in [1.82, 2.24) is 19.9 Å². The standard InChI is InChI=1S/C32H40N8O4/c1-43-25-11-7-21(8-12-25)17-33-29-27-28(36-31(37-29)39-15-3-5-23(41)19-39)30(34-18-22-9-13-26(44-2)14-10-22)38-32(35-27)40-16-4-6-24(42)20-40/h7-14,23-24,41-42H,3-6,15-20H2,1-2H3,(H,33,36,37)(H,34,35,38). The maximum absolute atomic E-state index is 10.4. The molecule has 2 aliphatic rings. The molecule has 2 unspecified atom stereocenters. The Morgan fingerprint density at radius 1 is 0.659 bits per heavy atom. The van der Waals surface area contributed by atoms with Gasteiger partial charge in [0.05, 0.1) is 26.4 Å². The summed E-state index contributed by atoms with van der Waals surface area (Å²) in [5, 5.41) is 27.9. The second-order valence-corrected chi connectivity index (χ2v) is 11.3. The number of rotatable bonds is 10. The first kappa shape index (κ1) is 29.6. The minimum absolute atomic E-state index is 0.435. The maximum atomic E-state index is 10.4. The fourth-order valence-electron chi connectivity index (χ4n) is 5.65. The molecule has 0 amide bonds. The Hall–Kier alpha value is -4.42. The number of methoxy groups -OCH3 is 2. The molecule has 232 valence electrons. The average molecular weight is 601 g/mol. The van der Waals surface area contributed by atoms with Gasteiger partial charge in [-0.1, -0.05) is 24.3 Å². The summed E-state index contributed by atoms with van der Waals surface area (Å²) in [6.45, 7) is 3.44. The number of anilines is 4. The van der Waals surface area contributed by atoms with Crippen LogP contribution in [0.2, 0.25) is 0 Å². The molecular formula is C32H40N8O4. The Kier molecular flexibility index (Phi) is 9.08. The average Bonchev–Trinajstić information content (AvgIpc) is 3.06. The molecule has 0 radical (unpaired) electrons. The summed E-state index contributed by atoms with van der Waals surface area (Å²) < 4.78 is 10.6. The molecular weight excluding hydrogens is 560 g/mol. The zero-order valence-corrected chi connectivity index (χ0v) is 25.2. The van der Waals surface area contributed by atoms with Gasteiger partial charge in [-0.3, -0.25) is 0 Å². The first-order chi connectivity index (χ1) is 21.5. The zero-order valence-electron chi connectivity index (χ0n) is 25.2. The molecule has 2 fully saturated rings. The summed E-state index contributed by atoms with van der Waals surface area (Å²) in [6, 6.07) is 15.8. The Balaban J connectivity index is 1.41. The van der Waals surface area contributed by atoms with E-state index in [-0.39, 0.29) is 0 Å². The molecule has 6 rings (SSSR count). The molecule has 2 saturated heterocycles. The van der Waals surface area contributed by atoms with Gasteiger partial charge in [0.25, 0.3) is 0 Å². The normalized spacial score (nSPS) is 18.7. The van der Waals surface area contributed by atoms with Crippen LogP contribution in [0, 0.1) is 0 Å². The van der Waals surface area contributed by atoms with Crippen molar-refractivity contribution < 1.29 is 19.7 Å². The quantitative estimate of drug-likeness (QED) is 0.211. The van der Waals surface area contributed by atoms with E-state index in [1.54, 1.807) is 14.2 Å². The van der Waals surface area contributed by atoms with E-state index in [2.05, 4.69) is 10.6 Å². The molecule has 12 nitrogen and oxygen atoms in total. The molecule has 0 spiro atoms. The fourth-order valence-corrected chi connectivity index (χ4v) is 5.65. The summed E-state index contributed by atoms with van der Waals surface area (Å²) in [5.41, 5.74) is 3.28. The van der Waals surface area contributed by atoms with Crippen LogP contribution in [0.1, 0.15) is 36.8 Å². The van der Waals surface area contributed by atoms with Crippen molar-refractivity contribution in [3.63, 3.8) is 0 Å². The minimum Gasteiger partial charge on any atom is -0.497 e. The van der Waals surface area contributed by atoms with Crippen LogP contribution in [0.4, 0.5) is 23.5 Å². The molecule has 4 aromatic rings. The van der Waals surface area contributed by atoms with Gasteiger partial charge < -0.3 is 40.1 Å². The van der Waals surface area contributed by atoms with E-state index >= 15 is 0 Å². The molecule has 0 aliphatic carbocycles. The summed E-state index contributed by atoms with van der Waals surface area (Å²) >= 11 is 0. The van der Waals surface area contributed by atoms with Crippen molar-refractivity contribution in [2.45, 2.75) is 51.0 Å². The number of aliphatic hydroxyl groups is 2. The number of fused-ring (bicyclic) bond motifs is 1. The van der Waals surface area contributed by atoms with E-state index in [0.717, 1.165) is 61.4 Å². The predicted molar refractivity (Wildman–Crippen MR) is 171 cm³/mol. The number of hydrogen-bond acceptors (Lipinski definition) is 12. The second kappa shape index (κ2) is 13.5. The van der Waals surface area contributed by atoms with E-state index in [1.165, 1.54) is 0 Å². The van der Waals surface area contributed by atoms with Gasteiger partial charge in [0.1, 0.15) is 22.5 Å². The van der Waals surface area contributed by atoms with Crippen LogP contribution in [0.25, 0.3) is 11.0 Å². The van der Waals surface area contributed by atoms with Gasteiger partial charge in [0.15, 0.2) is 11.6 Å². The van der Waals surface area contributed by atoms with Gasteiger partial charge in [-0.25, -0.2) is 9.97 Å². The molecule has 4 N–H and O–H groups in total. The van der Waals surface area contributed by atoms with Gasteiger partial charge >= 0.3 is 0 Å². The third-order valence-electron chi connectivity index (χ3n) is 8.12. The van der Waals surface area contributed by atoms with Crippen molar-refractivity contribution in [2.24, 2.45) is 0 Å². The monoisotopic (exact) mass is 600 g/mol. The lowest BCUT2D eigenvalue weighted by Crippen LogP contribution is -2.39. The van der Waals surface area contributed by atoms with E-state index in [9.17, 15) is 10.2 Å². The van der Waals surface area contributed by atoms with E-state index in [4.69, 9.17) is 29.4 Å². The minimum atomic E-state index is -0.435. The second-order valence-electron chi connectivity index (χ2n) is 11.3. The van der Waals surface area contributed by atoms with Gasteiger partial charge in [0, 0.05) is 39.3 Å². The largest absolute Gasteiger partial charge is 0.497 e. The van der Waals surface area contributed by atoms with Crippen molar-refractivity contribution >= 4 is 34.6 Å². The van der Waals surface area contributed by atoms with Gasteiger partial charge in [-0.05, 0) is 61.1 Å². The van der Waals surface area contributed by atoms with Crippen molar-refractivity contribution in [2.75, 3.05) is 60.8 Å². The molecule has 2 atom stereocenters. The van der Waals surface area contributed by atoms with Crippen molar-refractivity contribution in [3.8, 4) is 11.5 Å². The highest BCUT2D eigenvalue weighted by Crippen LogP contribution is 2.31. The van der Waals surface area contributed by atoms with Crippen molar-refractivity contribution in [3.05, 3.63) is 59.7 Å². The molecule has 2 aromatic heterocycles. The van der Waals surface area contributed by atoms with Crippen LogP contribution in [-0.2, 0) is 13.1 Å². The number of β-amino-alcohol motifs (C(OH)–C–C–N with tert-alkyl or cyclic N) is 2. The first-order valence-electron chi connectivity index (χ1n) is 15.2. The zero-order chi connectivity index (χ0) is 30.5. The van der Waals surface area contributed by atoms with Crippen molar-refractivity contribution in [1.29, 1.82) is 0 Å². The maximum Gasteiger partial charge on any atom is 0.228 e. The number of aromatic nitrogens is 4. The lowest BCUT2D eigenvalue weighted by atomic mass is 10.1. The number of hydrogen-bond donors (Lipinski definition) is 4. The summed E-state index contributed by atoms with van der Waals surface area (Å²) in [5.74, 6) is 3.78. The summed E-state index contributed by atoms with van der Waals surface area (Å²) in [4.78, 5) is 23.9. The van der Waals surface area contributed by atoms with Crippen LogP contribution >= 0.6 is 0 Å². The third kappa shape index (κ3) is 6.87. The Morgan fingerprint density at radius 2 is 1.07 bits per heavy atom. The molecule has 0 saturated carbocycles. The van der Waals surface area contributed by atoms with Crippen LogP contribution in [0.15, 0.2) is 48.5 Å². The molecule has 2 aliphatic heterocycles. The lowest BCUT2D eigenvalue weighted by molar-refractivity contribution is 0.153. The number of aliphatic hydroxyl groups excluding tert-OH is 2. The number of piperidine rings is 2. The topological polar surface area (TPSA) is 141 Å². The van der Waals surface area contributed by atoms with Crippen LogP contribution < -0.4 is 29.9 Å². The summed E-state index contributed by atoms with van der Waals surface area (Å²) in [7, 11) is 3.30. The Bertz CT molecular complexity index is 1440. The number of nitrogens with one attached hydrogen (secondary N) is 2.